The van der Waals surface area contributed by atoms with Crippen LogP contribution >= 0.6 is 0 Å². The second-order valence-corrected chi connectivity index (χ2v) is 0. The summed E-state index contributed by atoms with van der Waals surface area (Å²) in [4.78, 5) is 0. The summed E-state index contributed by atoms with van der Waals surface area (Å²) < 4.78 is 0. The summed E-state index contributed by atoms with van der Waals surface area (Å²) in [5.41, 5.74) is 0. The topological polar surface area (TPSA) is 126 Å². The Morgan fingerprint density at radius 1 is 0.500 bits per heavy atom. The van der Waals surface area contributed by atoms with Crippen LogP contribution in [0.2, 0.25) is 0 Å². The minimum absolute atomic E-state index is 0. The van der Waals surface area contributed by atoms with Crippen LogP contribution < -0.4 is 0 Å². The van der Waals surface area contributed by atoms with Gasteiger partial charge < -0.3 is 21.9 Å². The molecule has 0 saturated carbocycles. The standard InChI is InChI=1S/4H2O.Sr.W/h4*1H2;;. The first-order valence-electron chi connectivity index (χ1n) is 0. The molecule has 0 amide bonds. The Balaban J connectivity index is 0. The van der Waals surface area contributed by atoms with Crippen LogP contribution in [0.15, 0.2) is 0 Å². The minimum Gasteiger partial charge on any atom is -0.412 e. The molecule has 0 aromatic rings. The molecule has 6 heteroatoms. The molecule has 2 radical (unpaired) electrons. The van der Waals surface area contributed by atoms with Gasteiger partial charge in [-0.15, -0.1) is 0 Å². The molecule has 0 aromatic carbocycles. The first-order valence-corrected chi connectivity index (χ1v) is 0. The van der Waals surface area contributed by atoms with E-state index in [0.717, 1.165) is 0 Å². The third-order valence-corrected chi connectivity index (χ3v) is 0. The normalized spacial score (nSPS) is 0. The molecule has 4 nitrogen and oxygen atoms in total. The first kappa shape index (κ1) is 97.5. The Bertz CT molecular complexity index is 7.51. The van der Waals surface area contributed by atoms with Gasteiger partial charge in [-0.05, 0) is 0 Å². The van der Waals surface area contributed by atoms with Crippen molar-refractivity contribution in [2.75, 3.05) is 0 Å². The van der Waals surface area contributed by atoms with Crippen LogP contribution in [0.5, 0.6) is 0 Å². The zero-order chi connectivity index (χ0) is 0. The van der Waals surface area contributed by atoms with Gasteiger partial charge in [0.15, 0.2) is 0 Å². The molecule has 0 unspecified atom stereocenters. The van der Waals surface area contributed by atoms with Crippen molar-refractivity contribution >= 4 is 45.5 Å². The molecule has 0 aliphatic rings. The molecule has 0 saturated heterocycles. The Labute approximate surface area is 87.1 Å². The van der Waals surface area contributed by atoms with E-state index in [-0.39, 0.29) is 88.5 Å². The fraction of sp³-hybridized carbons (Fsp3) is 0. The van der Waals surface area contributed by atoms with Crippen LogP contribution in [-0.2, 0) is 21.1 Å². The van der Waals surface area contributed by atoms with E-state index in [1.807, 2.05) is 0 Å². The van der Waals surface area contributed by atoms with Crippen LogP contribution in [0.1, 0.15) is 0 Å². The first-order chi connectivity index (χ1) is 0. The maximum atomic E-state index is 0. The van der Waals surface area contributed by atoms with E-state index in [4.69, 9.17) is 0 Å². The van der Waals surface area contributed by atoms with E-state index in [2.05, 4.69) is 0 Å². The molecule has 6 heavy (non-hydrogen) atoms. The van der Waals surface area contributed by atoms with Gasteiger partial charge >= 0.3 is 0 Å². The molecule has 8 N–H and O–H groups in total. The van der Waals surface area contributed by atoms with E-state index >= 15 is 0 Å². The summed E-state index contributed by atoms with van der Waals surface area (Å²) in [7, 11) is 0. The van der Waals surface area contributed by atoms with E-state index in [9.17, 15) is 0 Å². The second-order valence-electron chi connectivity index (χ2n) is 0. The Hall–Kier alpha value is 2.01. The van der Waals surface area contributed by atoms with Crippen LogP contribution in [0.4, 0.5) is 0 Å². The predicted octanol–water partition coefficient (Wildman–Crippen LogP) is -3.68. The van der Waals surface area contributed by atoms with Gasteiger partial charge in [0.2, 0.25) is 0 Å². The summed E-state index contributed by atoms with van der Waals surface area (Å²) in [6, 6.07) is 0. The van der Waals surface area contributed by atoms with Crippen molar-refractivity contribution < 1.29 is 43.0 Å². The fourth-order valence-corrected chi connectivity index (χ4v) is 0. The third kappa shape index (κ3) is 37.4. The van der Waals surface area contributed by atoms with E-state index in [0.29, 0.717) is 0 Å². The monoisotopic (exact) mass is 344 g/mol. The van der Waals surface area contributed by atoms with Gasteiger partial charge in [0.25, 0.3) is 0 Å². The van der Waals surface area contributed by atoms with E-state index in [1.54, 1.807) is 0 Å². The van der Waals surface area contributed by atoms with Gasteiger partial charge in [-0.3, -0.25) is 0 Å². The van der Waals surface area contributed by atoms with Crippen molar-refractivity contribution in [3.05, 3.63) is 0 Å². The predicted molar refractivity (Wildman–Crippen MR) is 20.2 cm³/mol. The second kappa shape index (κ2) is 62.7. The van der Waals surface area contributed by atoms with Gasteiger partial charge in [-0.25, -0.2) is 0 Å². The van der Waals surface area contributed by atoms with E-state index in [1.165, 1.54) is 0 Å². The number of hydrogen-bond donors (Lipinski definition) is 0. The molecule has 0 aliphatic heterocycles. The van der Waals surface area contributed by atoms with Crippen molar-refractivity contribution in [2.45, 2.75) is 0 Å². The van der Waals surface area contributed by atoms with Crippen LogP contribution in [0, 0.1) is 0 Å². The largest absolute Gasteiger partial charge is 0.412 e. The fourth-order valence-electron chi connectivity index (χ4n) is 0. The summed E-state index contributed by atoms with van der Waals surface area (Å²) in [6.07, 6.45) is 0. The third-order valence-electron chi connectivity index (χ3n) is 0. The Morgan fingerprint density at radius 3 is 0.500 bits per heavy atom. The molecule has 0 aromatic heterocycles. The SMILES string of the molecule is O.O.O.O.[Sr].[W]. The van der Waals surface area contributed by atoms with E-state index < -0.39 is 0 Å². The molecule has 0 atom stereocenters. The summed E-state index contributed by atoms with van der Waals surface area (Å²) in [5, 5.41) is 0. The Kier molecular flexibility index (Phi) is 1020. The van der Waals surface area contributed by atoms with Crippen LogP contribution in [0.25, 0.3) is 0 Å². The maximum Gasteiger partial charge on any atom is 0 e. The molecular weight excluding hydrogens is 335 g/mol. The van der Waals surface area contributed by atoms with Crippen LogP contribution in [-0.4, -0.2) is 67.4 Å². The van der Waals surface area contributed by atoms with Gasteiger partial charge in [0.1, 0.15) is 0 Å². The molecule has 0 aliphatic carbocycles. The smallest absolute Gasteiger partial charge is 0 e. The average Bonchev–Trinajstić information content (AvgIpc) is 0. The summed E-state index contributed by atoms with van der Waals surface area (Å²) in [5.74, 6) is 0. The zero-order valence-electron chi connectivity index (χ0n) is 3.12. The summed E-state index contributed by atoms with van der Waals surface area (Å²) in [6.45, 7) is 0. The van der Waals surface area contributed by atoms with Gasteiger partial charge in [0.05, 0.1) is 0 Å². The summed E-state index contributed by atoms with van der Waals surface area (Å²) >= 11 is 0. The molecule has 0 spiro atoms. The quantitative estimate of drug-likeness (QED) is 0.402. The van der Waals surface area contributed by atoms with Crippen molar-refractivity contribution in [2.24, 2.45) is 0 Å². The molecule has 40 valence electrons. The molecule has 0 fully saturated rings. The van der Waals surface area contributed by atoms with Crippen molar-refractivity contribution in [3.8, 4) is 0 Å². The molecule has 0 rings (SSSR count). The van der Waals surface area contributed by atoms with Gasteiger partial charge in [-0.2, -0.15) is 0 Å². The molecule has 0 heterocycles. The number of rotatable bonds is 0. The van der Waals surface area contributed by atoms with Crippen LogP contribution in [0.3, 0.4) is 0 Å². The number of hydrogen-bond acceptors (Lipinski definition) is 0. The van der Waals surface area contributed by atoms with Crippen molar-refractivity contribution in [1.82, 2.24) is 0 Å². The van der Waals surface area contributed by atoms with Crippen molar-refractivity contribution in [1.29, 1.82) is 0 Å². The zero-order valence-corrected chi connectivity index (χ0v) is 9.52. The minimum atomic E-state index is 0. The molecule has 0 bridgehead atoms. The maximum absolute atomic E-state index is 0. The van der Waals surface area contributed by atoms with Crippen molar-refractivity contribution in [3.63, 3.8) is 0 Å². The van der Waals surface area contributed by atoms with Gasteiger partial charge in [0, 0.05) is 66.5 Å². The Morgan fingerprint density at radius 2 is 0.500 bits per heavy atom. The average molecular weight is 344 g/mol. The van der Waals surface area contributed by atoms with Gasteiger partial charge in [-0.1, -0.05) is 0 Å². The molecular formula is H8O4SrW.